The average Bonchev–Trinajstić information content (AvgIpc) is 3.52. The van der Waals surface area contributed by atoms with Crippen LogP contribution in [0.2, 0.25) is 20.1 Å². The van der Waals surface area contributed by atoms with Gasteiger partial charge in [0.1, 0.15) is 17.0 Å². The van der Waals surface area contributed by atoms with E-state index in [2.05, 4.69) is 15.6 Å². The lowest BCUT2D eigenvalue weighted by atomic mass is 10.2. The first-order valence-corrected chi connectivity index (χ1v) is 12.9. The van der Waals surface area contributed by atoms with Gasteiger partial charge in [-0.05, 0) is 79.0 Å². The maximum absolute atomic E-state index is 12.4. The van der Waals surface area contributed by atoms with E-state index in [1.54, 1.807) is 66.7 Å². The molecule has 2 heterocycles. The molecule has 0 atom stereocenters. The van der Waals surface area contributed by atoms with Crippen molar-refractivity contribution < 1.29 is 13.6 Å². The summed E-state index contributed by atoms with van der Waals surface area (Å²) in [6, 6.07) is 19.0. The van der Waals surface area contributed by atoms with Gasteiger partial charge in [-0.25, -0.2) is 4.98 Å². The fourth-order valence-corrected chi connectivity index (χ4v) is 4.46. The molecule has 0 saturated heterocycles. The summed E-state index contributed by atoms with van der Waals surface area (Å²) in [5, 5.41) is 7.30. The normalized spacial score (nSPS) is 11.3. The Balaban J connectivity index is 1.24. The predicted molar refractivity (Wildman–Crippen MR) is 157 cm³/mol. The molecule has 0 aliphatic rings. The predicted octanol–water partition coefficient (Wildman–Crippen LogP) is 8.89. The Morgan fingerprint density at radius 2 is 1.76 bits per heavy atom. The lowest BCUT2D eigenvalue weighted by Gasteiger charge is -2.10. The van der Waals surface area contributed by atoms with Crippen molar-refractivity contribution in [1.82, 2.24) is 10.3 Å². The number of carbonyl (C=O) groups excluding carboxylic acids is 1. The number of carbonyl (C=O) groups is 1. The molecule has 2 aromatic heterocycles. The lowest BCUT2D eigenvalue weighted by Crippen LogP contribution is -2.32. The van der Waals surface area contributed by atoms with Crippen molar-refractivity contribution in [2.75, 3.05) is 5.32 Å². The van der Waals surface area contributed by atoms with Crippen LogP contribution in [0.5, 0.6) is 0 Å². The minimum atomic E-state index is -0.468. The fraction of sp³-hybridized carbons (Fsp3) is 0. The van der Waals surface area contributed by atoms with E-state index in [9.17, 15) is 4.79 Å². The van der Waals surface area contributed by atoms with E-state index >= 15 is 0 Å². The van der Waals surface area contributed by atoms with Crippen LogP contribution in [-0.2, 0) is 4.79 Å². The van der Waals surface area contributed by atoms with Crippen LogP contribution in [0, 0.1) is 0 Å². The van der Waals surface area contributed by atoms with Gasteiger partial charge in [-0.1, -0.05) is 52.5 Å². The molecular formula is C27H15Cl4N3O3S. The number of hydrogen-bond acceptors (Lipinski definition) is 5. The number of furan rings is 1. The molecule has 11 heteroatoms. The maximum Gasteiger partial charge on any atom is 0.250 e. The highest BCUT2D eigenvalue weighted by atomic mass is 35.5. The van der Waals surface area contributed by atoms with E-state index in [4.69, 9.17) is 67.5 Å². The summed E-state index contributed by atoms with van der Waals surface area (Å²) in [6.45, 7) is 0. The van der Waals surface area contributed by atoms with Gasteiger partial charge >= 0.3 is 0 Å². The van der Waals surface area contributed by atoms with Gasteiger partial charge in [-0.2, -0.15) is 0 Å². The number of halogens is 4. The van der Waals surface area contributed by atoms with Crippen molar-refractivity contribution >= 4 is 92.5 Å². The van der Waals surface area contributed by atoms with Crippen molar-refractivity contribution in [2.45, 2.75) is 0 Å². The van der Waals surface area contributed by atoms with Crippen LogP contribution < -0.4 is 10.6 Å². The van der Waals surface area contributed by atoms with Gasteiger partial charge in [0.25, 0.3) is 0 Å². The number of aromatic nitrogens is 1. The third-order valence-corrected chi connectivity index (χ3v) is 6.88. The first-order chi connectivity index (χ1) is 18.3. The third-order valence-electron chi connectivity index (χ3n) is 5.29. The summed E-state index contributed by atoms with van der Waals surface area (Å²) in [6.07, 6.45) is 2.80. The molecule has 0 saturated carbocycles. The summed E-state index contributed by atoms with van der Waals surface area (Å²) >= 11 is 30.0. The third kappa shape index (κ3) is 5.88. The van der Waals surface area contributed by atoms with Crippen LogP contribution in [0.3, 0.4) is 0 Å². The van der Waals surface area contributed by atoms with Crippen molar-refractivity contribution in [3.8, 4) is 22.8 Å². The minimum Gasteiger partial charge on any atom is -0.457 e. The van der Waals surface area contributed by atoms with Crippen LogP contribution in [0.4, 0.5) is 5.69 Å². The van der Waals surface area contributed by atoms with Crippen LogP contribution in [0.15, 0.2) is 81.6 Å². The second kappa shape index (κ2) is 11.2. The van der Waals surface area contributed by atoms with Crippen LogP contribution >= 0.6 is 58.6 Å². The smallest absolute Gasteiger partial charge is 0.250 e. The molecule has 6 nitrogen and oxygen atoms in total. The van der Waals surface area contributed by atoms with E-state index in [0.29, 0.717) is 65.4 Å². The largest absolute Gasteiger partial charge is 0.457 e. The van der Waals surface area contributed by atoms with Gasteiger partial charge in [-0.15, -0.1) is 0 Å². The molecule has 1 amide bonds. The Morgan fingerprint density at radius 3 is 2.61 bits per heavy atom. The van der Waals surface area contributed by atoms with E-state index in [1.807, 2.05) is 0 Å². The number of nitrogens with one attached hydrogen (secondary N) is 2. The second-order valence-electron chi connectivity index (χ2n) is 7.91. The number of amides is 1. The topological polar surface area (TPSA) is 80.3 Å². The Hall–Kier alpha value is -3.33. The summed E-state index contributed by atoms with van der Waals surface area (Å²) in [7, 11) is 0. The van der Waals surface area contributed by atoms with Crippen molar-refractivity contribution in [3.05, 3.63) is 98.7 Å². The zero-order chi connectivity index (χ0) is 26.8. The number of hydrogen-bond donors (Lipinski definition) is 2. The molecule has 0 radical (unpaired) electrons. The van der Waals surface area contributed by atoms with Gasteiger partial charge in [0.2, 0.25) is 11.8 Å². The highest BCUT2D eigenvalue weighted by molar-refractivity contribution is 7.80. The van der Waals surface area contributed by atoms with Gasteiger partial charge in [0, 0.05) is 22.2 Å². The van der Waals surface area contributed by atoms with Crippen molar-refractivity contribution in [2.24, 2.45) is 0 Å². The Labute approximate surface area is 242 Å². The molecular weight excluding hydrogens is 588 g/mol. The molecule has 5 aromatic rings. The molecule has 0 unspecified atom stereocenters. The second-order valence-corrected chi connectivity index (χ2v) is 9.94. The molecule has 0 aliphatic carbocycles. The van der Waals surface area contributed by atoms with Gasteiger partial charge < -0.3 is 14.2 Å². The van der Waals surface area contributed by atoms with Gasteiger partial charge in [-0.3, -0.25) is 10.1 Å². The first kappa shape index (κ1) is 26.3. The number of oxazole rings is 1. The molecule has 5 rings (SSSR count). The van der Waals surface area contributed by atoms with Crippen molar-refractivity contribution in [1.29, 1.82) is 0 Å². The van der Waals surface area contributed by atoms with E-state index in [1.165, 1.54) is 12.2 Å². The van der Waals surface area contributed by atoms with Crippen LogP contribution in [0.25, 0.3) is 40.0 Å². The number of anilines is 1. The Kier molecular flexibility index (Phi) is 7.74. The number of benzene rings is 3. The standard InChI is InChI=1S/C27H15Cl4N3O3S/c28-15-5-9-23-21(13-15)32-26(37-23)14-4-8-18(29)20(12-14)33-27(38)34-24(35)11-7-16-6-10-22(36-16)17-2-1-3-19(30)25(17)31/h1-13H,(H2,33,34,35,38). The first-order valence-electron chi connectivity index (χ1n) is 11.0. The molecule has 38 heavy (non-hydrogen) atoms. The highest BCUT2D eigenvalue weighted by Crippen LogP contribution is 2.34. The Bertz CT molecular complexity index is 1730. The SMILES string of the molecule is O=C(C=Cc1ccc(-c2cccc(Cl)c2Cl)o1)NC(=S)Nc1cc(-c2nc3cc(Cl)ccc3o2)ccc1Cl. The quantitative estimate of drug-likeness (QED) is 0.154. The number of thiocarbonyl (C=S) groups is 1. The lowest BCUT2D eigenvalue weighted by molar-refractivity contribution is -0.115. The molecule has 0 fully saturated rings. The monoisotopic (exact) mass is 601 g/mol. The van der Waals surface area contributed by atoms with Gasteiger partial charge in [0.05, 0.1) is 20.8 Å². The van der Waals surface area contributed by atoms with E-state index in [-0.39, 0.29) is 5.11 Å². The summed E-state index contributed by atoms with van der Waals surface area (Å²) in [5.41, 5.74) is 3.00. The summed E-state index contributed by atoms with van der Waals surface area (Å²) in [4.78, 5) is 16.9. The molecule has 0 spiro atoms. The number of fused-ring (bicyclic) bond motifs is 1. The zero-order valence-electron chi connectivity index (χ0n) is 19.1. The maximum atomic E-state index is 12.4. The van der Waals surface area contributed by atoms with Crippen LogP contribution in [-0.4, -0.2) is 16.0 Å². The van der Waals surface area contributed by atoms with E-state index in [0.717, 1.165) is 0 Å². The number of nitrogens with zero attached hydrogens (tertiary/aromatic N) is 1. The van der Waals surface area contributed by atoms with Gasteiger partial charge in [0.15, 0.2) is 10.7 Å². The minimum absolute atomic E-state index is 0.0499. The fourth-order valence-electron chi connectivity index (χ4n) is 3.52. The molecule has 3 aromatic carbocycles. The molecule has 0 aliphatic heterocycles. The van der Waals surface area contributed by atoms with E-state index < -0.39 is 5.91 Å². The van der Waals surface area contributed by atoms with Crippen LogP contribution in [0.1, 0.15) is 5.76 Å². The summed E-state index contributed by atoms with van der Waals surface area (Å²) in [5.74, 6) is 0.882. The average molecular weight is 603 g/mol. The zero-order valence-corrected chi connectivity index (χ0v) is 22.9. The molecule has 0 bridgehead atoms. The Morgan fingerprint density at radius 1 is 0.921 bits per heavy atom. The summed E-state index contributed by atoms with van der Waals surface area (Å²) < 4.78 is 11.6. The van der Waals surface area contributed by atoms with Crippen molar-refractivity contribution in [3.63, 3.8) is 0 Å². The number of rotatable bonds is 5. The molecule has 2 N–H and O–H groups in total. The highest BCUT2D eigenvalue weighted by Gasteiger charge is 2.13. The molecule has 190 valence electrons.